The number of rotatable bonds is 19. The minimum atomic E-state index is -3.98. The van der Waals surface area contributed by atoms with Crippen molar-refractivity contribution >= 4 is 65.8 Å². The molecule has 11 heteroatoms. The van der Waals surface area contributed by atoms with Gasteiger partial charge >= 0.3 is 55.6 Å². The van der Waals surface area contributed by atoms with Crippen molar-refractivity contribution in [2.45, 2.75) is 78.6 Å². The summed E-state index contributed by atoms with van der Waals surface area (Å²) >= 11 is 0. The minimum absolute atomic E-state index is 0. The van der Waals surface area contributed by atoms with Crippen LogP contribution in [-0.4, -0.2) is 94.2 Å². The fraction of sp³-hybridized carbons (Fsp3) is 0.708. The molecular weight excluding hydrogens is 504 g/mol. The molecule has 0 aliphatic heterocycles. The number of hydrogen-bond acceptors (Lipinski definition) is 8. The van der Waals surface area contributed by atoms with E-state index in [4.69, 9.17) is 18.8 Å². The van der Waals surface area contributed by atoms with Gasteiger partial charge in [-0.3, -0.25) is 9.35 Å². The van der Waals surface area contributed by atoms with E-state index in [1.807, 2.05) is 0 Å². The molecule has 0 bridgehead atoms. The molecule has 200 valence electrons. The summed E-state index contributed by atoms with van der Waals surface area (Å²) in [5.74, 6) is -2.26. The van der Waals surface area contributed by atoms with Crippen LogP contribution >= 0.6 is 0 Å². The Morgan fingerprint density at radius 2 is 1.29 bits per heavy atom. The van der Waals surface area contributed by atoms with Crippen molar-refractivity contribution in [3.05, 3.63) is 24.3 Å². The molecule has 1 N–H and O–H groups in total. The van der Waals surface area contributed by atoms with E-state index in [2.05, 4.69) is 20.1 Å². The third-order valence-electron chi connectivity index (χ3n) is 5.13. The SMILES string of the molecule is C=C(C)C(=O)OCC(CCCCCC)(COC(=O)C(=C)C)C(=O)OCCCCCCS(=O)(=O)O.[CaH2]. The van der Waals surface area contributed by atoms with Crippen LogP contribution in [0.2, 0.25) is 0 Å². The van der Waals surface area contributed by atoms with E-state index >= 15 is 0 Å². The van der Waals surface area contributed by atoms with E-state index in [0.29, 0.717) is 38.5 Å². The van der Waals surface area contributed by atoms with Crippen LogP contribution in [0.5, 0.6) is 0 Å². The van der Waals surface area contributed by atoms with Gasteiger partial charge in [0, 0.05) is 11.1 Å². The van der Waals surface area contributed by atoms with Gasteiger partial charge < -0.3 is 14.2 Å². The molecule has 0 atom stereocenters. The van der Waals surface area contributed by atoms with Crippen LogP contribution in [0.3, 0.4) is 0 Å². The number of carbonyl (C=O) groups is 3. The fourth-order valence-electron chi connectivity index (χ4n) is 3.01. The molecule has 35 heavy (non-hydrogen) atoms. The molecule has 0 amide bonds. The van der Waals surface area contributed by atoms with E-state index in [1.54, 1.807) is 0 Å². The fourth-order valence-corrected chi connectivity index (χ4v) is 3.58. The second-order valence-electron chi connectivity index (χ2n) is 8.64. The first kappa shape index (κ1) is 36.2. The number of unbranched alkanes of at least 4 members (excludes halogenated alkanes) is 6. The molecule has 0 rings (SSSR count). The summed E-state index contributed by atoms with van der Waals surface area (Å²) in [4.78, 5) is 37.2. The molecule has 0 aromatic heterocycles. The van der Waals surface area contributed by atoms with Crippen LogP contribution in [0.1, 0.15) is 78.6 Å². The molecule has 0 saturated heterocycles. The normalized spacial score (nSPS) is 11.2. The Labute approximate surface area is 239 Å². The summed E-state index contributed by atoms with van der Waals surface area (Å²) < 4.78 is 46.3. The second kappa shape index (κ2) is 19.2. The molecule has 9 nitrogen and oxygen atoms in total. The Morgan fingerprint density at radius 1 is 0.800 bits per heavy atom. The molecule has 0 aliphatic carbocycles. The number of hydrogen-bond donors (Lipinski definition) is 1. The quantitative estimate of drug-likeness (QED) is 0.0647. The summed E-state index contributed by atoms with van der Waals surface area (Å²) in [7, 11) is -3.98. The van der Waals surface area contributed by atoms with Gasteiger partial charge in [0.2, 0.25) is 0 Å². The molecule has 0 heterocycles. The summed E-state index contributed by atoms with van der Waals surface area (Å²) in [5, 5.41) is 0. The van der Waals surface area contributed by atoms with Gasteiger partial charge in [0.1, 0.15) is 18.6 Å². The van der Waals surface area contributed by atoms with Gasteiger partial charge in [-0.1, -0.05) is 58.6 Å². The molecule has 0 radical (unpaired) electrons. The topological polar surface area (TPSA) is 133 Å². The Balaban J connectivity index is 0. The molecule has 0 aromatic carbocycles. The Kier molecular flexibility index (Phi) is 19.9. The molecule has 0 unspecified atom stereocenters. The monoisotopic (exact) mass is 546 g/mol. The van der Waals surface area contributed by atoms with E-state index in [9.17, 15) is 22.8 Å². The van der Waals surface area contributed by atoms with Gasteiger partial charge in [0.25, 0.3) is 10.1 Å². The molecule has 0 spiro atoms. The second-order valence-corrected chi connectivity index (χ2v) is 10.2. The zero-order chi connectivity index (χ0) is 26.2. The zero-order valence-corrected chi connectivity index (χ0v) is 21.5. The van der Waals surface area contributed by atoms with Crippen molar-refractivity contribution in [2.75, 3.05) is 25.6 Å². The molecule has 0 saturated carbocycles. The van der Waals surface area contributed by atoms with Crippen molar-refractivity contribution in [2.24, 2.45) is 5.41 Å². The zero-order valence-electron chi connectivity index (χ0n) is 20.7. The Bertz CT molecular complexity index is 776. The Morgan fingerprint density at radius 3 is 1.74 bits per heavy atom. The van der Waals surface area contributed by atoms with Crippen LogP contribution in [0.4, 0.5) is 0 Å². The predicted molar refractivity (Wildman–Crippen MR) is 137 cm³/mol. The molecular formula is C24H42CaO9S. The van der Waals surface area contributed by atoms with E-state index in [0.717, 1.165) is 19.3 Å². The maximum absolute atomic E-state index is 13.2. The van der Waals surface area contributed by atoms with Crippen LogP contribution in [0.15, 0.2) is 24.3 Å². The van der Waals surface area contributed by atoms with Gasteiger partial charge in [0.15, 0.2) is 0 Å². The maximum atomic E-state index is 13.2. The van der Waals surface area contributed by atoms with E-state index in [-0.39, 0.29) is 74.5 Å². The first-order chi connectivity index (χ1) is 15.8. The number of esters is 3. The van der Waals surface area contributed by atoms with Crippen molar-refractivity contribution in [3.8, 4) is 0 Å². The van der Waals surface area contributed by atoms with Crippen LogP contribution < -0.4 is 0 Å². The van der Waals surface area contributed by atoms with Crippen LogP contribution in [0.25, 0.3) is 0 Å². The average molecular weight is 547 g/mol. The standard InChI is InChI=1S/C24H40O9S.Ca.2H/c1-6-7-8-11-14-24(17-32-21(25)19(2)3,18-33-22(26)20(4)5)23(27)31-15-12-9-10-13-16-34(28,29)30;;;/h2,4,6-18H2,1,3,5H3,(H,28,29,30);;;. The summed E-state index contributed by atoms with van der Waals surface area (Å²) in [6, 6.07) is 0. The first-order valence-corrected chi connectivity index (χ1v) is 13.2. The summed E-state index contributed by atoms with van der Waals surface area (Å²) in [6.07, 6.45) is 5.69. The molecule has 0 fully saturated rings. The number of carbonyl (C=O) groups excluding carboxylic acids is 3. The predicted octanol–water partition coefficient (Wildman–Crippen LogP) is 3.26. The first-order valence-electron chi connectivity index (χ1n) is 11.6. The van der Waals surface area contributed by atoms with Crippen LogP contribution in [0, 0.1) is 5.41 Å². The van der Waals surface area contributed by atoms with Crippen molar-refractivity contribution < 1.29 is 41.6 Å². The molecule has 0 aromatic rings. The third-order valence-corrected chi connectivity index (χ3v) is 5.93. The number of ether oxygens (including phenoxy) is 3. The third kappa shape index (κ3) is 17.2. The summed E-state index contributed by atoms with van der Waals surface area (Å²) in [6.45, 7) is 11.6. The van der Waals surface area contributed by atoms with Gasteiger partial charge in [-0.25, -0.2) is 9.59 Å². The van der Waals surface area contributed by atoms with Gasteiger partial charge in [-0.15, -0.1) is 0 Å². The van der Waals surface area contributed by atoms with E-state index in [1.165, 1.54) is 13.8 Å². The van der Waals surface area contributed by atoms with Crippen molar-refractivity contribution in [1.29, 1.82) is 0 Å². The van der Waals surface area contributed by atoms with Gasteiger partial charge in [-0.2, -0.15) is 8.42 Å². The van der Waals surface area contributed by atoms with Gasteiger partial charge in [0.05, 0.1) is 12.4 Å². The van der Waals surface area contributed by atoms with Crippen LogP contribution in [-0.2, 0) is 38.7 Å². The van der Waals surface area contributed by atoms with Gasteiger partial charge in [-0.05, 0) is 33.1 Å². The van der Waals surface area contributed by atoms with Crippen molar-refractivity contribution in [1.82, 2.24) is 0 Å². The Hall–Kier alpha value is -0.940. The van der Waals surface area contributed by atoms with Crippen molar-refractivity contribution in [3.63, 3.8) is 0 Å². The summed E-state index contributed by atoms with van der Waals surface area (Å²) in [5.41, 5.74) is -1.01. The average Bonchev–Trinajstić information content (AvgIpc) is 2.75. The molecule has 0 aliphatic rings. The van der Waals surface area contributed by atoms with E-state index < -0.39 is 33.4 Å².